The number of hydrazone groups is 1. The number of rotatable bonds is 5. The summed E-state index contributed by atoms with van der Waals surface area (Å²) in [6.07, 6.45) is 1.27. The fourth-order valence-corrected chi connectivity index (χ4v) is 3.11. The Balaban J connectivity index is 1.64. The highest BCUT2D eigenvalue weighted by Gasteiger charge is 2.14. The van der Waals surface area contributed by atoms with E-state index in [9.17, 15) is 20.0 Å². The predicted molar refractivity (Wildman–Crippen MR) is 117 cm³/mol. The number of hydrogen-bond donors (Lipinski definition) is 2. The summed E-state index contributed by atoms with van der Waals surface area (Å²) in [5.74, 6) is -0.886. The minimum Gasteiger partial charge on any atom is -0.502 e. The maximum Gasteiger partial charge on any atom is 0.311 e. The lowest BCUT2D eigenvalue weighted by Gasteiger charge is -2.09. The van der Waals surface area contributed by atoms with Crippen molar-refractivity contribution in [2.24, 2.45) is 5.10 Å². The Morgan fingerprint density at radius 2 is 1.77 bits per heavy atom. The van der Waals surface area contributed by atoms with Crippen molar-refractivity contribution >= 4 is 28.7 Å². The third kappa shape index (κ3) is 4.23. The van der Waals surface area contributed by atoms with Crippen LogP contribution in [0.1, 0.15) is 15.9 Å². The van der Waals surface area contributed by atoms with Crippen LogP contribution in [0.5, 0.6) is 5.75 Å². The highest BCUT2D eigenvalue weighted by molar-refractivity contribution is 6.07. The normalized spacial score (nSPS) is 11.0. The summed E-state index contributed by atoms with van der Waals surface area (Å²) in [5, 5.41) is 25.1. The molecule has 1 aromatic heterocycles. The number of carbonyl (C=O) groups is 1. The van der Waals surface area contributed by atoms with Crippen molar-refractivity contribution < 1.29 is 14.8 Å². The first-order valence-corrected chi connectivity index (χ1v) is 9.29. The Bertz CT molecular complexity index is 1320. The molecule has 0 aliphatic carbocycles. The number of para-hydroxylation sites is 1. The van der Waals surface area contributed by atoms with E-state index in [0.29, 0.717) is 27.7 Å². The van der Waals surface area contributed by atoms with Crippen molar-refractivity contribution in [2.75, 3.05) is 0 Å². The average Bonchev–Trinajstić information content (AvgIpc) is 2.79. The third-order valence-electron chi connectivity index (χ3n) is 4.61. The molecule has 0 fully saturated rings. The van der Waals surface area contributed by atoms with Crippen molar-refractivity contribution in [1.29, 1.82) is 0 Å². The summed E-state index contributed by atoms with van der Waals surface area (Å²) < 4.78 is 0. The average molecular weight is 412 g/mol. The summed E-state index contributed by atoms with van der Waals surface area (Å²) >= 11 is 0. The van der Waals surface area contributed by atoms with E-state index in [1.165, 1.54) is 24.4 Å². The maximum absolute atomic E-state index is 12.9. The largest absolute Gasteiger partial charge is 0.502 e. The van der Waals surface area contributed by atoms with E-state index in [0.717, 1.165) is 5.56 Å². The standard InChI is InChI=1S/C23H16N4O4/c28-22-11-10-15(12-21(22)27(30)31)14-24-26-23(29)18-13-20(16-6-2-1-3-7-16)25-19-9-5-4-8-17(18)19/h1-14,28H,(H,26,29)/b24-14+. The van der Waals surface area contributed by atoms with Gasteiger partial charge in [0, 0.05) is 22.6 Å². The van der Waals surface area contributed by atoms with E-state index >= 15 is 0 Å². The lowest BCUT2D eigenvalue weighted by Crippen LogP contribution is -2.18. The summed E-state index contributed by atoms with van der Waals surface area (Å²) in [4.78, 5) is 27.8. The second kappa shape index (κ2) is 8.42. The number of fused-ring (bicyclic) bond motifs is 1. The first kappa shape index (κ1) is 19.7. The maximum atomic E-state index is 12.9. The Hall–Kier alpha value is -4.59. The number of carbonyl (C=O) groups excluding carboxylic acids is 1. The molecule has 0 unspecified atom stereocenters. The van der Waals surface area contributed by atoms with Crippen LogP contribution in [-0.4, -0.2) is 27.1 Å². The van der Waals surface area contributed by atoms with Crippen LogP contribution in [0.3, 0.4) is 0 Å². The smallest absolute Gasteiger partial charge is 0.311 e. The van der Waals surface area contributed by atoms with Crippen LogP contribution in [0.2, 0.25) is 0 Å². The molecule has 0 radical (unpaired) electrons. The van der Waals surface area contributed by atoms with Gasteiger partial charge in [-0.1, -0.05) is 48.5 Å². The zero-order valence-corrected chi connectivity index (χ0v) is 16.1. The van der Waals surface area contributed by atoms with E-state index in [2.05, 4.69) is 15.5 Å². The molecule has 0 aliphatic rings. The number of nitrogens with one attached hydrogen (secondary N) is 1. The SMILES string of the molecule is O=C(N/N=C/c1ccc(O)c([N+](=O)[O-])c1)c1cc(-c2ccccc2)nc2ccccc12. The highest BCUT2D eigenvalue weighted by atomic mass is 16.6. The first-order chi connectivity index (χ1) is 15.0. The van der Waals surface area contributed by atoms with E-state index in [-0.39, 0.29) is 0 Å². The van der Waals surface area contributed by atoms with Crippen molar-refractivity contribution in [1.82, 2.24) is 10.4 Å². The Morgan fingerprint density at radius 1 is 1.03 bits per heavy atom. The number of pyridine rings is 1. The van der Waals surface area contributed by atoms with Crippen molar-refractivity contribution in [2.45, 2.75) is 0 Å². The fourth-order valence-electron chi connectivity index (χ4n) is 3.11. The summed E-state index contributed by atoms with van der Waals surface area (Å²) in [5.41, 5.74) is 4.97. The van der Waals surface area contributed by atoms with Gasteiger partial charge in [0.25, 0.3) is 5.91 Å². The number of aromatic nitrogens is 1. The molecule has 0 aliphatic heterocycles. The van der Waals surface area contributed by atoms with Gasteiger partial charge in [-0.25, -0.2) is 10.4 Å². The number of hydrogen-bond acceptors (Lipinski definition) is 6. The number of phenolic OH excluding ortho intramolecular Hbond substituents is 1. The predicted octanol–water partition coefficient (Wildman–Crippen LogP) is 4.28. The molecule has 0 saturated heterocycles. The minimum absolute atomic E-state index is 0.356. The van der Waals surface area contributed by atoms with Crippen LogP contribution in [0.25, 0.3) is 22.2 Å². The fraction of sp³-hybridized carbons (Fsp3) is 0. The number of amides is 1. The number of benzene rings is 3. The molecule has 3 aromatic carbocycles. The zero-order chi connectivity index (χ0) is 21.8. The molecular weight excluding hydrogens is 396 g/mol. The van der Waals surface area contributed by atoms with Gasteiger partial charge >= 0.3 is 5.69 Å². The Labute approximate surface area is 176 Å². The van der Waals surface area contributed by atoms with Gasteiger partial charge in [-0.3, -0.25) is 14.9 Å². The van der Waals surface area contributed by atoms with Gasteiger partial charge in [0.2, 0.25) is 0 Å². The van der Waals surface area contributed by atoms with Crippen molar-refractivity contribution in [3.63, 3.8) is 0 Å². The molecule has 8 heteroatoms. The van der Waals surface area contributed by atoms with Crippen LogP contribution >= 0.6 is 0 Å². The first-order valence-electron chi connectivity index (χ1n) is 9.29. The van der Waals surface area contributed by atoms with Gasteiger partial charge in [-0.15, -0.1) is 0 Å². The van der Waals surface area contributed by atoms with Gasteiger partial charge in [-0.05, 0) is 24.3 Å². The van der Waals surface area contributed by atoms with Crippen LogP contribution in [0, 0.1) is 10.1 Å². The van der Waals surface area contributed by atoms with Crippen LogP contribution in [0.4, 0.5) is 5.69 Å². The van der Waals surface area contributed by atoms with Gasteiger partial charge in [-0.2, -0.15) is 5.10 Å². The number of aromatic hydroxyl groups is 1. The molecule has 4 rings (SSSR count). The lowest BCUT2D eigenvalue weighted by atomic mass is 10.0. The minimum atomic E-state index is -0.695. The molecule has 31 heavy (non-hydrogen) atoms. The summed E-state index contributed by atoms with van der Waals surface area (Å²) in [6.45, 7) is 0. The molecule has 0 bridgehead atoms. The van der Waals surface area contributed by atoms with Gasteiger partial charge in [0.1, 0.15) is 0 Å². The molecule has 1 amide bonds. The highest BCUT2D eigenvalue weighted by Crippen LogP contribution is 2.26. The number of nitrogens with zero attached hydrogens (tertiary/aromatic N) is 3. The number of nitro groups is 1. The van der Waals surface area contributed by atoms with E-state index in [1.54, 1.807) is 12.1 Å². The molecule has 152 valence electrons. The molecule has 0 spiro atoms. The van der Waals surface area contributed by atoms with Gasteiger partial charge < -0.3 is 5.11 Å². The van der Waals surface area contributed by atoms with Crippen molar-refractivity contribution in [3.8, 4) is 17.0 Å². The molecule has 0 atom stereocenters. The quantitative estimate of drug-likeness (QED) is 0.288. The van der Waals surface area contributed by atoms with Crippen LogP contribution in [0.15, 0.2) is 84.0 Å². The summed E-state index contributed by atoms with van der Waals surface area (Å²) in [6, 6.07) is 22.3. The van der Waals surface area contributed by atoms with E-state index in [1.807, 2.05) is 48.5 Å². The van der Waals surface area contributed by atoms with E-state index < -0.39 is 22.3 Å². The molecular formula is C23H16N4O4. The Kier molecular flexibility index (Phi) is 5.35. The van der Waals surface area contributed by atoms with Crippen LogP contribution < -0.4 is 5.43 Å². The monoisotopic (exact) mass is 412 g/mol. The third-order valence-corrected chi connectivity index (χ3v) is 4.61. The van der Waals surface area contributed by atoms with Crippen molar-refractivity contribution in [3.05, 3.63) is 100 Å². The van der Waals surface area contributed by atoms with E-state index in [4.69, 9.17) is 0 Å². The number of phenols is 1. The zero-order valence-electron chi connectivity index (χ0n) is 16.1. The second-order valence-electron chi connectivity index (χ2n) is 6.64. The molecule has 1 heterocycles. The number of nitro benzene ring substituents is 1. The Morgan fingerprint density at radius 3 is 2.55 bits per heavy atom. The lowest BCUT2D eigenvalue weighted by molar-refractivity contribution is -0.385. The van der Waals surface area contributed by atoms with Gasteiger partial charge in [0.05, 0.1) is 27.9 Å². The van der Waals surface area contributed by atoms with Gasteiger partial charge in [0.15, 0.2) is 5.75 Å². The second-order valence-corrected chi connectivity index (χ2v) is 6.64. The molecule has 8 nitrogen and oxygen atoms in total. The summed E-state index contributed by atoms with van der Waals surface area (Å²) in [7, 11) is 0. The molecule has 4 aromatic rings. The van der Waals surface area contributed by atoms with Crippen LogP contribution in [-0.2, 0) is 0 Å². The molecule has 0 saturated carbocycles. The molecule has 2 N–H and O–H groups in total. The topological polar surface area (TPSA) is 118 Å².